The molecule has 0 aliphatic rings. The van der Waals surface area contributed by atoms with E-state index in [2.05, 4.69) is 31.8 Å². The number of halogens is 3. The van der Waals surface area contributed by atoms with Crippen LogP contribution in [-0.2, 0) is 16.2 Å². The van der Waals surface area contributed by atoms with Gasteiger partial charge in [-0.1, -0.05) is 29.3 Å². The first-order chi connectivity index (χ1) is 16.3. The minimum atomic E-state index is -0.539. The lowest BCUT2D eigenvalue weighted by molar-refractivity contribution is -0.126. The number of hydrogen-bond donors (Lipinski definition) is 2. The number of amides is 2. The quantitative estimate of drug-likeness (QED) is 0.195. The Morgan fingerprint density at radius 1 is 1.00 bits per heavy atom. The zero-order chi connectivity index (χ0) is 24.5. The molecule has 0 aliphatic carbocycles. The molecule has 0 heterocycles. The van der Waals surface area contributed by atoms with Crippen LogP contribution in [-0.4, -0.2) is 25.1 Å². The highest BCUT2D eigenvalue weighted by atomic mass is 79.9. The van der Waals surface area contributed by atoms with Gasteiger partial charge in [0.1, 0.15) is 24.5 Å². The van der Waals surface area contributed by atoms with Gasteiger partial charge in [-0.25, -0.2) is 5.43 Å². The molecule has 34 heavy (non-hydrogen) atoms. The average molecular weight is 565 g/mol. The number of anilines is 1. The Kier molecular flexibility index (Phi) is 9.33. The summed E-state index contributed by atoms with van der Waals surface area (Å²) in [6, 6.07) is 17.4. The number of benzene rings is 3. The molecular weight excluding hydrogens is 545 g/mol. The van der Waals surface area contributed by atoms with Crippen LogP contribution in [0.1, 0.15) is 17.5 Å². The number of carbonyl (C=O) groups is 2. The Hall–Kier alpha value is -3.07. The van der Waals surface area contributed by atoms with E-state index < -0.39 is 11.8 Å². The van der Waals surface area contributed by atoms with Gasteiger partial charge in [-0.3, -0.25) is 9.59 Å². The summed E-state index contributed by atoms with van der Waals surface area (Å²) < 4.78 is 11.6. The van der Waals surface area contributed by atoms with Gasteiger partial charge in [-0.05, 0) is 81.7 Å². The summed E-state index contributed by atoms with van der Waals surface area (Å²) in [6.07, 6.45) is 1.10. The fourth-order valence-corrected chi connectivity index (χ4v) is 3.58. The number of methoxy groups -OCH3 is 1. The SMILES string of the molecule is COc1ccc(NC(=O)CC(=O)NN=Cc2ccc(OCc3ccc(Cl)c(Cl)c3)c(Br)c2)cc1. The number of nitrogens with one attached hydrogen (secondary N) is 2. The van der Waals surface area contributed by atoms with E-state index in [1.54, 1.807) is 61.7 Å². The van der Waals surface area contributed by atoms with Gasteiger partial charge in [0.15, 0.2) is 0 Å². The monoisotopic (exact) mass is 563 g/mol. The highest BCUT2D eigenvalue weighted by Gasteiger charge is 2.09. The van der Waals surface area contributed by atoms with Crippen molar-refractivity contribution in [3.8, 4) is 11.5 Å². The second-order valence-electron chi connectivity index (χ2n) is 6.97. The summed E-state index contributed by atoms with van der Waals surface area (Å²) in [5.74, 6) is 0.303. The van der Waals surface area contributed by atoms with Crippen molar-refractivity contribution in [2.75, 3.05) is 12.4 Å². The van der Waals surface area contributed by atoms with Crippen LogP contribution >= 0.6 is 39.1 Å². The van der Waals surface area contributed by atoms with Crippen molar-refractivity contribution >= 4 is 62.8 Å². The minimum absolute atomic E-state index is 0.317. The molecule has 0 radical (unpaired) electrons. The zero-order valence-electron chi connectivity index (χ0n) is 18.0. The third kappa shape index (κ3) is 7.76. The first-order valence-electron chi connectivity index (χ1n) is 9.96. The lowest BCUT2D eigenvalue weighted by atomic mass is 10.2. The van der Waals surface area contributed by atoms with Gasteiger partial charge in [0.2, 0.25) is 11.8 Å². The average Bonchev–Trinajstić information content (AvgIpc) is 2.81. The maximum atomic E-state index is 12.0. The van der Waals surface area contributed by atoms with Gasteiger partial charge in [0, 0.05) is 5.69 Å². The molecule has 0 aromatic heterocycles. The fourth-order valence-electron chi connectivity index (χ4n) is 2.75. The summed E-state index contributed by atoms with van der Waals surface area (Å²) in [5, 5.41) is 7.48. The Morgan fingerprint density at radius 2 is 1.76 bits per heavy atom. The third-order valence-corrected chi connectivity index (χ3v) is 5.79. The predicted octanol–water partition coefficient (Wildman–Crippen LogP) is 5.82. The van der Waals surface area contributed by atoms with Gasteiger partial charge in [0.05, 0.1) is 27.8 Å². The molecule has 0 atom stereocenters. The number of ether oxygens (including phenoxy) is 2. The van der Waals surface area contributed by atoms with Crippen LogP contribution in [0.15, 0.2) is 70.2 Å². The molecule has 0 saturated heterocycles. The van der Waals surface area contributed by atoms with Gasteiger partial charge < -0.3 is 14.8 Å². The fraction of sp³-hybridized carbons (Fsp3) is 0.125. The molecule has 3 aromatic carbocycles. The molecular formula is C24H20BrCl2N3O4. The van der Waals surface area contributed by atoms with Gasteiger partial charge in [0.25, 0.3) is 0 Å². The molecule has 0 saturated carbocycles. The van der Waals surface area contributed by atoms with Gasteiger partial charge in [-0.2, -0.15) is 5.10 Å². The number of nitrogens with zero attached hydrogens (tertiary/aromatic N) is 1. The maximum Gasteiger partial charge on any atom is 0.249 e. The van der Waals surface area contributed by atoms with Gasteiger partial charge >= 0.3 is 0 Å². The van der Waals surface area contributed by atoms with Crippen LogP contribution in [0.5, 0.6) is 11.5 Å². The normalized spacial score (nSPS) is 10.7. The van der Waals surface area contributed by atoms with E-state index >= 15 is 0 Å². The van der Waals surface area contributed by atoms with Crippen molar-refractivity contribution < 1.29 is 19.1 Å². The first-order valence-corrected chi connectivity index (χ1v) is 11.5. The summed E-state index contributed by atoms with van der Waals surface area (Å²) in [6.45, 7) is 0.317. The van der Waals surface area contributed by atoms with E-state index in [1.807, 2.05) is 6.07 Å². The third-order valence-electron chi connectivity index (χ3n) is 4.43. The Morgan fingerprint density at radius 3 is 2.44 bits per heavy atom. The van der Waals surface area contributed by atoms with Gasteiger partial charge in [-0.15, -0.1) is 0 Å². The minimum Gasteiger partial charge on any atom is -0.497 e. The molecule has 0 spiro atoms. The molecule has 7 nitrogen and oxygen atoms in total. The van der Waals surface area contributed by atoms with Crippen LogP contribution in [0.4, 0.5) is 5.69 Å². The molecule has 3 rings (SSSR count). The van der Waals surface area contributed by atoms with Crippen molar-refractivity contribution in [2.24, 2.45) is 5.10 Å². The van der Waals surface area contributed by atoms with E-state index in [-0.39, 0.29) is 6.42 Å². The van der Waals surface area contributed by atoms with E-state index in [4.69, 9.17) is 32.7 Å². The molecule has 0 aliphatic heterocycles. The van der Waals surface area contributed by atoms with Crippen LogP contribution < -0.4 is 20.2 Å². The smallest absolute Gasteiger partial charge is 0.249 e. The molecule has 0 fully saturated rings. The van der Waals surface area contributed by atoms with Crippen molar-refractivity contribution in [3.63, 3.8) is 0 Å². The van der Waals surface area contributed by atoms with E-state index in [9.17, 15) is 9.59 Å². The lowest BCUT2D eigenvalue weighted by Crippen LogP contribution is -2.24. The molecule has 3 aromatic rings. The standard InChI is InChI=1S/C24H20BrCl2N3O4/c1-33-18-6-4-17(5-7-18)29-23(31)12-24(32)30-28-13-15-3-9-22(19(25)10-15)34-14-16-2-8-20(26)21(27)11-16/h2-11,13H,12,14H2,1H3,(H,29,31)(H,30,32). The maximum absolute atomic E-state index is 12.0. The van der Waals surface area contributed by atoms with Crippen molar-refractivity contribution in [3.05, 3.63) is 86.3 Å². The lowest BCUT2D eigenvalue weighted by Gasteiger charge is -2.09. The van der Waals surface area contributed by atoms with E-state index in [0.717, 1.165) is 11.1 Å². The molecule has 176 valence electrons. The predicted molar refractivity (Wildman–Crippen MR) is 137 cm³/mol. The van der Waals surface area contributed by atoms with E-state index in [1.165, 1.54) is 6.21 Å². The topological polar surface area (TPSA) is 89.0 Å². The molecule has 0 bridgehead atoms. The summed E-state index contributed by atoms with van der Waals surface area (Å²) in [7, 11) is 1.55. The van der Waals surface area contributed by atoms with E-state index in [0.29, 0.717) is 38.3 Å². The Labute approximate surface area is 215 Å². The Bertz CT molecular complexity index is 1200. The number of hydrogen-bond acceptors (Lipinski definition) is 5. The highest BCUT2D eigenvalue weighted by Crippen LogP contribution is 2.28. The van der Waals surface area contributed by atoms with Crippen LogP contribution in [0.25, 0.3) is 0 Å². The molecule has 2 N–H and O–H groups in total. The first kappa shape index (κ1) is 25.6. The molecule has 10 heteroatoms. The number of rotatable bonds is 9. The van der Waals surface area contributed by atoms with Crippen molar-refractivity contribution in [1.29, 1.82) is 0 Å². The second-order valence-corrected chi connectivity index (χ2v) is 8.64. The summed E-state index contributed by atoms with van der Waals surface area (Å²) >= 11 is 15.4. The zero-order valence-corrected chi connectivity index (χ0v) is 21.1. The Balaban J connectivity index is 1.47. The second kappa shape index (κ2) is 12.4. The summed E-state index contributed by atoms with van der Waals surface area (Å²) in [4.78, 5) is 24.0. The van der Waals surface area contributed by atoms with Crippen LogP contribution in [0.2, 0.25) is 10.0 Å². The largest absolute Gasteiger partial charge is 0.497 e. The van der Waals surface area contributed by atoms with Crippen LogP contribution in [0, 0.1) is 0 Å². The molecule has 2 amide bonds. The van der Waals surface area contributed by atoms with Crippen molar-refractivity contribution in [1.82, 2.24) is 5.43 Å². The van der Waals surface area contributed by atoms with Crippen molar-refractivity contribution in [2.45, 2.75) is 13.0 Å². The molecule has 0 unspecified atom stereocenters. The highest BCUT2D eigenvalue weighted by molar-refractivity contribution is 9.10. The number of hydrazone groups is 1. The number of carbonyl (C=O) groups excluding carboxylic acids is 2. The summed E-state index contributed by atoms with van der Waals surface area (Å²) in [5.41, 5.74) is 4.50. The van der Waals surface area contributed by atoms with Crippen LogP contribution in [0.3, 0.4) is 0 Å².